The lowest BCUT2D eigenvalue weighted by molar-refractivity contribution is 0.0947. The Balaban J connectivity index is 1.68. The molecule has 0 saturated heterocycles. The first-order chi connectivity index (χ1) is 13.6. The highest BCUT2D eigenvalue weighted by Gasteiger charge is 2.16. The second-order valence-corrected chi connectivity index (χ2v) is 5.78. The predicted octanol–water partition coefficient (Wildman–Crippen LogP) is 3.96. The lowest BCUT2D eigenvalue weighted by atomic mass is 10.1. The molecule has 0 fully saturated rings. The van der Waals surface area contributed by atoms with Gasteiger partial charge in [0, 0.05) is 12.7 Å². The highest BCUT2D eigenvalue weighted by Crippen LogP contribution is 2.30. The highest BCUT2D eigenvalue weighted by molar-refractivity contribution is 5.97. The maximum atomic E-state index is 14.3. The van der Waals surface area contributed by atoms with Gasteiger partial charge in [-0.2, -0.15) is 0 Å². The zero-order valence-corrected chi connectivity index (χ0v) is 15.4. The van der Waals surface area contributed by atoms with Crippen molar-refractivity contribution in [3.05, 3.63) is 77.9 Å². The van der Waals surface area contributed by atoms with Crippen LogP contribution in [0.1, 0.15) is 15.9 Å². The summed E-state index contributed by atoms with van der Waals surface area (Å²) in [5.74, 6) is 0.429. The smallest absolute Gasteiger partial charge is 0.255 e. The molecule has 1 N–H and O–H groups in total. The summed E-state index contributed by atoms with van der Waals surface area (Å²) in [5, 5.41) is 2.75. The van der Waals surface area contributed by atoms with Crippen molar-refractivity contribution in [1.82, 2.24) is 10.3 Å². The number of nitrogens with one attached hydrogen (secondary N) is 1. The first-order valence-electron chi connectivity index (χ1n) is 8.48. The van der Waals surface area contributed by atoms with E-state index in [1.165, 1.54) is 32.5 Å². The van der Waals surface area contributed by atoms with Crippen molar-refractivity contribution < 1.29 is 23.4 Å². The number of aromatic nitrogens is 1. The topological polar surface area (TPSA) is 69.7 Å². The molecule has 0 saturated carbocycles. The number of hydrogen-bond donors (Lipinski definition) is 1. The molecule has 0 aliphatic rings. The van der Waals surface area contributed by atoms with Gasteiger partial charge in [0.25, 0.3) is 5.91 Å². The number of ether oxygens (including phenoxy) is 3. The molecule has 0 unspecified atom stereocenters. The number of carbonyl (C=O) groups is 1. The Morgan fingerprint density at radius 1 is 1.07 bits per heavy atom. The molecule has 6 nitrogen and oxygen atoms in total. The van der Waals surface area contributed by atoms with Crippen molar-refractivity contribution >= 4 is 5.91 Å². The van der Waals surface area contributed by atoms with Crippen LogP contribution in [0.3, 0.4) is 0 Å². The van der Waals surface area contributed by atoms with Gasteiger partial charge >= 0.3 is 0 Å². The highest BCUT2D eigenvalue weighted by atomic mass is 19.1. The third-order valence-electron chi connectivity index (χ3n) is 3.96. The number of benzene rings is 2. The van der Waals surface area contributed by atoms with Crippen LogP contribution in [0.25, 0.3) is 0 Å². The van der Waals surface area contributed by atoms with Gasteiger partial charge in [-0.1, -0.05) is 12.1 Å². The molecular formula is C21H19FN2O4. The van der Waals surface area contributed by atoms with E-state index in [2.05, 4.69) is 10.3 Å². The van der Waals surface area contributed by atoms with Crippen LogP contribution in [0, 0.1) is 5.82 Å². The summed E-state index contributed by atoms with van der Waals surface area (Å²) < 4.78 is 30.2. The van der Waals surface area contributed by atoms with E-state index in [1.807, 2.05) is 0 Å². The lowest BCUT2D eigenvalue weighted by Gasteiger charge is -2.13. The molecule has 1 aromatic heterocycles. The van der Waals surface area contributed by atoms with Crippen LogP contribution >= 0.6 is 0 Å². The normalized spacial score (nSPS) is 10.2. The van der Waals surface area contributed by atoms with E-state index in [1.54, 1.807) is 42.6 Å². The van der Waals surface area contributed by atoms with E-state index in [0.29, 0.717) is 28.4 Å². The van der Waals surface area contributed by atoms with E-state index in [-0.39, 0.29) is 18.2 Å². The van der Waals surface area contributed by atoms with Crippen LogP contribution in [0.2, 0.25) is 0 Å². The Morgan fingerprint density at radius 3 is 2.61 bits per heavy atom. The number of nitrogens with zero attached hydrogens (tertiary/aromatic N) is 1. The molecule has 0 bridgehead atoms. The summed E-state index contributed by atoms with van der Waals surface area (Å²) in [4.78, 5) is 16.4. The second-order valence-electron chi connectivity index (χ2n) is 5.78. The Kier molecular flexibility index (Phi) is 6.06. The van der Waals surface area contributed by atoms with Crippen LogP contribution < -0.4 is 19.5 Å². The molecule has 0 aliphatic carbocycles. The third-order valence-corrected chi connectivity index (χ3v) is 3.96. The maximum absolute atomic E-state index is 14.3. The summed E-state index contributed by atoms with van der Waals surface area (Å²) >= 11 is 0. The molecule has 28 heavy (non-hydrogen) atoms. The van der Waals surface area contributed by atoms with Crippen molar-refractivity contribution in [2.24, 2.45) is 0 Å². The average Bonchev–Trinajstić information content (AvgIpc) is 2.73. The summed E-state index contributed by atoms with van der Waals surface area (Å²) in [5.41, 5.74) is 0.921. The summed E-state index contributed by atoms with van der Waals surface area (Å²) in [7, 11) is 2.96. The molecule has 2 aromatic carbocycles. The number of hydrogen-bond acceptors (Lipinski definition) is 5. The monoisotopic (exact) mass is 382 g/mol. The van der Waals surface area contributed by atoms with Crippen molar-refractivity contribution in [2.75, 3.05) is 14.2 Å². The van der Waals surface area contributed by atoms with Gasteiger partial charge in [-0.25, -0.2) is 4.39 Å². The fourth-order valence-corrected chi connectivity index (χ4v) is 2.62. The van der Waals surface area contributed by atoms with Gasteiger partial charge in [-0.3, -0.25) is 9.78 Å². The van der Waals surface area contributed by atoms with Crippen molar-refractivity contribution in [3.63, 3.8) is 0 Å². The second kappa shape index (κ2) is 8.85. The molecule has 1 amide bonds. The molecule has 0 aliphatic heterocycles. The minimum Gasteiger partial charge on any atom is -0.493 e. The summed E-state index contributed by atoms with van der Waals surface area (Å²) in [6.07, 6.45) is 3.10. The number of carbonyl (C=O) groups excluding carboxylic acids is 1. The van der Waals surface area contributed by atoms with Gasteiger partial charge in [0.2, 0.25) is 0 Å². The van der Waals surface area contributed by atoms with E-state index < -0.39 is 5.82 Å². The molecular weight excluding hydrogens is 363 g/mol. The van der Waals surface area contributed by atoms with Crippen LogP contribution in [0.15, 0.2) is 60.9 Å². The van der Waals surface area contributed by atoms with Crippen LogP contribution in [0.4, 0.5) is 4.39 Å². The minimum absolute atomic E-state index is 0.0811. The molecule has 0 spiro atoms. The third kappa shape index (κ3) is 4.37. The molecule has 1 heterocycles. The average molecular weight is 382 g/mol. The van der Waals surface area contributed by atoms with Gasteiger partial charge in [0.1, 0.15) is 5.75 Å². The summed E-state index contributed by atoms with van der Waals surface area (Å²) in [6.45, 7) is 0.142. The number of methoxy groups -OCH3 is 2. The first kappa shape index (κ1) is 19.2. The van der Waals surface area contributed by atoms with E-state index in [9.17, 15) is 9.18 Å². The van der Waals surface area contributed by atoms with Crippen molar-refractivity contribution in [3.8, 4) is 23.0 Å². The van der Waals surface area contributed by atoms with Gasteiger partial charge in [0.15, 0.2) is 23.1 Å². The lowest BCUT2D eigenvalue weighted by Crippen LogP contribution is -2.23. The first-order valence-corrected chi connectivity index (χ1v) is 8.48. The van der Waals surface area contributed by atoms with Gasteiger partial charge < -0.3 is 19.5 Å². The van der Waals surface area contributed by atoms with E-state index >= 15 is 0 Å². The minimum atomic E-state index is -0.533. The Bertz CT molecular complexity index is 964. The summed E-state index contributed by atoms with van der Waals surface area (Å²) in [6, 6.07) is 12.9. The van der Waals surface area contributed by atoms with Gasteiger partial charge in [-0.15, -0.1) is 0 Å². The largest absolute Gasteiger partial charge is 0.493 e. The Morgan fingerprint density at radius 2 is 1.93 bits per heavy atom. The molecule has 0 atom stereocenters. The van der Waals surface area contributed by atoms with Gasteiger partial charge in [0.05, 0.1) is 26.0 Å². The molecule has 3 aromatic rings. The van der Waals surface area contributed by atoms with Crippen molar-refractivity contribution in [2.45, 2.75) is 6.54 Å². The standard InChI is InChI=1S/C21H19FN2O4/c1-26-19-7-3-6-16(20(19)27-2)21(25)24-12-14-8-9-18(17(22)11-14)28-15-5-4-10-23-13-15/h3-11,13H,12H2,1-2H3,(H,24,25). The van der Waals surface area contributed by atoms with E-state index in [4.69, 9.17) is 14.2 Å². The molecule has 7 heteroatoms. The van der Waals surface area contributed by atoms with Crippen LogP contribution in [-0.4, -0.2) is 25.1 Å². The zero-order valence-electron chi connectivity index (χ0n) is 15.4. The Hall–Kier alpha value is -3.61. The van der Waals surface area contributed by atoms with Gasteiger partial charge in [-0.05, 0) is 42.0 Å². The number of amides is 1. The molecule has 3 rings (SSSR count). The van der Waals surface area contributed by atoms with Crippen LogP contribution in [0.5, 0.6) is 23.0 Å². The number of rotatable bonds is 7. The number of para-hydroxylation sites is 1. The maximum Gasteiger partial charge on any atom is 0.255 e. The van der Waals surface area contributed by atoms with Crippen molar-refractivity contribution in [1.29, 1.82) is 0 Å². The number of halogens is 1. The number of pyridine rings is 1. The fraction of sp³-hybridized carbons (Fsp3) is 0.143. The predicted molar refractivity (Wildman–Crippen MR) is 101 cm³/mol. The molecule has 0 radical (unpaired) electrons. The SMILES string of the molecule is COc1cccc(C(=O)NCc2ccc(Oc3cccnc3)c(F)c2)c1OC. The van der Waals surface area contributed by atoms with Crippen LogP contribution in [-0.2, 0) is 6.54 Å². The quantitative estimate of drug-likeness (QED) is 0.670. The zero-order chi connectivity index (χ0) is 19.9. The fourth-order valence-electron chi connectivity index (χ4n) is 2.62. The molecule has 144 valence electrons. The van der Waals surface area contributed by atoms with E-state index in [0.717, 1.165) is 0 Å². The Labute approximate surface area is 161 Å².